The van der Waals surface area contributed by atoms with E-state index in [1.54, 1.807) is 0 Å². The number of nitrogens with zero attached hydrogens (tertiary/aromatic N) is 3. The minimum atomic E-state index is 0.105. The molecule has 1 fully saturated rings. The average Bonchev–Trinajstić information content (AvgIpc) is 3.00. The summed E-state index contributed by atoms with van der Waals surface area (Å²) in [7, 11) is 0. The first-order valence-electron chi connectivity index (χ1n) is 10.1. The maximum Gasteiger partial charge on any atom is 0.236 e. The number of fused-ring (bicyclic) bond motifs is 1. The molecule has 0 bridgehead atoms. The molecule has 6 nitrogen and oxygen atoms in total. The van der Waals surface area contributed by atoms with Gasteiger partial charge in [-0.1, -0.05) is 13.8 Å². The Morgan fingerprint density at radius 1 is 1.37 bits per heavy atom. The molecule has 1 aliphatic heterocycles. The molecule has 3 rings (SSSR count). The lowest BCUT2D eigenvalue weighted by Gasteiger charge is -2.28. The normalized spacial score (nSPS) is 24.5. The molecule has 2 heterocycles. The Kier molecular flexibility index (Phi) is 6.81. The molecule has 1 aliphatic carbocycles. The van der Waals surface area contributed by atoms with Crippen LogP contribution in [0, 0.1) is 24.2 Å². The minimum Gasteiger partial charge on any atom is -0.337 e. The molecular weight excluding hydrogens is 338 g/mol. The fourth-order valence-corrected chi connectivity index (χ4v) is 3.98. The van der Waals surface area contributed by atoms with Crippen LogP contribution in [0.2, 0.25) is 0 Å². The van der Waals surface area contributed by atoms with Crippen molar-refractivity contribution in [3.05, 3.63) is 23.3 Å². The summed E-state index contributed by atoms with van der Waals surface area (Å²) in [6.07, 6.45) is 11.0. The van der Waals surface area contributed by atoms with Gasteiger partial charge < -0.3 is 15.5 Å². The van der Waals surface area contributed by atoms with E-state index in [4.69, 9.17) is 11.4 Å². The lowest BCUT2D eigenvalue weighted by Crippen LogP contribution is -2.41. The zero-order valence-electron chi connectivity index (χ0n) is 16.5. The minimum absolute atomic E-state index is 0.105. The first-order valence-corrected chi connectivity index (χ1v) is 10.1. The van der Waals surface area contributed by atoms with Gasteiger partial charge in [-0.25, -0.2) is 9.97 Å². The molecule has 2 unspecified atom stereocenters. The van der Waals surface area contributed by atoms with Gasteiger partial charge in [0.05, 0.1) is 18.8 Å². The van der Waals surface area contributed by atoms with Crippen molar-refractivity contribution >= 4 is 5.91 Å². The lowest BCUT2D eigenvalue weighted by atomic mass is 10.0. The molecule has 0 spiro atoms. The Hall–Kier alpha value is -1.97. The van der Waals surface area contributed by atoms with Gasteiger partial charge in [-0.2, -0.15) is 0 Å². The number of aromatic nitrogens is 2. The number of rotatable bonds is 7. The van der Waals surface area contributed by atoms with Crippen molar-refractivity contribution in [1.29, 1.82) is 0 Å². The Morgan fingerprint density at radius 2 is 2.15 bits per heavy atom. The molecule has 1 aromatic heterocycles. The molecule has 1 aromatic rings. The quantitative estimate of drug-likeness (QED) is 0.563. The number of carbonyl (C=O) groups is 1. The zero-order valence-corrected chi connectivity index (χ0v) is 16.5. The first-order chi connectivity index (χ1) is 13.1. The molecule has 0 aromatic carbocycles. The zero-order chi connectivity index (χ0) is 19.2. The smallest absolute Gasteiger partial charge is 0.236 e. The van der Waals surface area contributed by atoms with Gasteiger partial charge in [0.15, 0.2) is 0 Å². The van der Waals surface area contributed by atoms with Gasteiger partial charge in [0.2, 0.25) is 5.91 Å². The highest BCUT2D eigenvalue weighted by Gasteiger charge is 2.28. The van der Waals surface area contributed by atoms with Gasteiger partial charge in [0.25, 0.3) is 0 Å². The lowest BCUT2D eigenvalue weighted by molar-refractivity contribution is -0.131. The monoisotopic (exact) mass is 369 g/mol. The second-order valence-corrected chi connectivity index (χ2v) is 7.96. The van der Waals surface area contributed by atoms with Gasteiger partial charge >= 0.3 is 0 Å². The summed E-state index contributed by atoms with van der Waals surface area (Å²) in [4.78, 5) is 23.4. The standard InChI is InChI=1S/C21H31N5O/c1-4-5-7-22-13-21(27)26-8-6-19-17(14-26)11-24-20(25-19)12-23-18-9-15(2)16(3)10-18/h1,11,15-16,18,22-23H,5-10,12-14H2,2-3H3/t15-,16?,18?/m0/s1. The van der Waals surface area contributed by atoms with Crippen molar-refractivity contribution < 1.29 is 4.79 Å². The third-order valence-electron chi connectivity index (χ3n) is 5.89. The van der Waals surface area contributed by atoms with E-state index in [0.717, 1.165) is 41.9 Å². The highest BCUT2D eigenvalue weighted by atomic mass is 16.2. The fourth-order valence-electron chi connectivity index (χ4n) is 3.98. The first kappa shape index (κ1) is 19.8. The molecule has 2 N–H and O–H groups in total. The summed E-state index contributed by atoms with van der Waals surface area (Å²) in [5.74, 6) is 5.10. The van der Waals surface area contributed by atoms with E-state index in [0.29, 0.717) is 38.6 Å². The van der Waals surface area contributed by atoms with Crippen LogP contribution in [-0.2, 0) is 24.3 Å². The van der Waals surface area contributed by atoms with E-state index < -0.39 is 0 Å². The van der Waals surface area contributed by atoms with Crippen molar-refractivity contribution in [2.45, 2.75) is 58.7 Å². The molecule has 1 saturated carbocycles. The molecule has 0 radical (unpaired) electrons. The van der Waals surface area contributed by atoms with E-state index in [9.17, 15) is 4.79 Å². The topological polar surface area (TPSA) is 70.2 Å². The Labute approximate surface area is 162 Å². The Morgan fingerprint density at radius 3 is 2.89 bits per heavy atom. The van der Waals surface area contributed by atoms with Gasteiger partial charge in [-0.15, -0.1) is 12.3 Å². The second-order valence-electron chi connectivity index (χ2n) is 7.96. The van der Waals surface area contributed by atoms with Crippen molar-refractivity contribution in [2.24, 2.45) is 11.8 Å². The van der Waals surface area contributed by atoms with Crippen molar-refractivity contribution in [3.63, 3.8) is 0 Å². The number of hydrogen-bond acceptors (Lipinski definition) is 5. The highest BCUT2D eigenvalue weighted by molar-refractivity contribution is 5.78. The number of carbonyl (C=O) groups excluding carboxylic acids is 1. The Balaban J connectivity index is 1.49. The van der Waals surface area contributed by atoms with Gasteiger partial charge in [0, 0.05) is 50.3 Å². The van der Waals surface area contributed by atoms with E-state index in [2.05, 4.69) is 35.4 Å². The molecule has 0 saturated heterocycles. The molecule has 3 atom stereocenters. The van der Waals surface area contributed by atoms with Gasteiger partial charge in [-0.05, 0) is 24.7 Å². The van der Waals surface area contributed by atoms with Gasteiger partial charge in [0.1, 0.15) is 5.82 Å². The summed E-state index contributed by atoms with van der Waals surface area (Å²) >= 11 is 0. The van der Waals surface area contributed by atoms with Crippen molar-refractivity contribution in [2.75, 3.05) is 19.6 Å². The molecule has 27 heavy (non-hydrogen) atoms. The number of nitrogens with one attached hydrogen (secondary N) is 2. The summed E-state index contributed by atoms with van der Waals surface area (Å²) in [6, 6.07) is 0.574. The number of hydrogen-bond donors (Lipinski definition) is 2. The van der Waals surface area contributed by atoms with E-state index in [1.807, 2.05) is 11.1 Å². The summed E-state index contributed by atoms with van der Waals surface area (Å²) in [6.45, 7) is 7.70. The van der Waals surface area contributed by atoms with Crippen LogP contribution in [0.15, 0.2) is 6.20 Å². The molecular formula is C21H31N5O. The maximum absolute atomic E-state index is 12.3. The molecule has 2 aliphatic rings. The maximum atomic E-state index is 12.3. The third kappa shape index (κ3) is 5.27. The SMILES string of the molecule is C#CCCNCC(=O)N1CCc2nc(CNC3CC(C)[C@@H](C)C3)ncc2C1. The summed E-state index contributed by atoms with van der Waals surface area (Å²) in [5.41, 5.74) is 2.14. The van der Waals surface area contributed by atoms with E-state index >= 15 is 0 Å². The third-order valence-corrected chi connectivity index (χ3v) is 5.89. The number of amides is 1. The van der Waals surface area contributed by atoms with Crippen LogP contribution in [0.1, 0.15) is 50.2 Å². The summed E-state index contributed by atoms with van der Waals surface area (Å²) in [5, 5.41) is 6.71. The predicted molar refractivity (Wildman–Crippen MR) is 106 cm³/mol. The highest BCUT2D eigenvalue weighted by Crippen LogP contribution is 2.31. The van der Waals surface area contributed by atoms with Crippen LogP contribution in [-0.4, -0.2) is 46.5 Å². The molecule has 1 amide bonds. The summed E-state index contributed by atoms with van der Waals surface area (Å²) < 4.78 is 0. The van der Waals surface area contributed by atoms with Crippen molar-refractivity contribution in [3.8, 4) is 12.3 Å². The molecule has 146 valence electrons. The van der Waals surface area contributed by atoms with Crippen LogP contribution < -0.4 is 10.6 Å². The van der Waals surface area contributed by atoms with Gasteiger partial charge in [-0.3, -0.25) is 4.79 Å². The van der Waals surface area contributed by atoms with Crippen LogP contribution in [0.25, 0.3) is 0 Å². The molecule has 6 heteroatoms. The van der Waals surface area contributed by atoms with Crippen LogP contribution in [0.5, 0.6) is 0 Å². The van der Waals surface area contributed by atoms with Crippen molar-refractivity contribution in [1.82, 2.24) is 25.5 Å². The predicted octanol–water partition coefficient (Wildman–Crippen LogP) is 1.50. The van der Waals surface area contributed by atoms with Crippen LogP contribution in [0.4, 0.5) is 0 Å². The Bertz CT molecular complexity index is 688. The van der Waals surface area contributed by atoms with Crippen LogP contribution in [0.3, 0.4) is 0 Å². The largest absolute Gasteiger partial charge is 0.337 e. The fraction of sp³-hybridized carbons (Fsp3) is 0.667. The van der Waals surface area contributed by atoms with E-state index in [1.165, 1.54) is 12.8 Å². The van der Waals surface area contributed by atoms with E-state index in [-0.39, 0.29) is 5.91 Å². The second kappa shape index (κ2) is 9.29. The average molecular weight is 370 g/mol. The number of terminal acetylenes is 1. The van der Waals surface area contributed by atoms with Crippen LogP contribution >= 0.6 is 0 Å².